The van der Waals surface area contributed by atoms with Gasteiger partial charge in [0.1, 0.15) is 0 Å². The van der Waals surface area contributed by atoms with Gasteiger partial charge in [0.25, 0.3) is 5.91 Å². The zero-order chi connectivity index (χ0) is 20.9. The lowest BCUT2D eigenvalue weighted by Crippen LogP contribution is -2.39. The minimum absolute atomic E-state index is 0.200. The second kappa shape index (κ2) is 9.55. The predicted molar refractivity (Wildman–Crippen MR) is 115 cm³/mol. The van der Waals surface area contributed by atoms with Crippen LogP contribution >= 0.6 is 0 Å². The molecule has 1 heterocycles. The molecule has 0 radical (unpaired) electrons. The molecule has 6 heteroatoms. The van der Waals surface area contributed by atoms with Gasteiger partial charge in [0.2, 0.25) is 10.0 Å². The molecule has 5 nitrogen and oxygen atoms in total. The highest BCUT2D eigenvalue weighted by Gasteiger charge is 2.30. The monoisotopic (exact) mass is 414 g/mol. The maximum absolute atomic E-state index is 13.1. The molecule has 0 aromatic heterocycles. The van der Waals surface area contributed by atoms with E-state index in [0.717, 1.165) is 31.2 Å². The lowest BCUT2D eigenvalue weighted by molar-refractivity contribution is 0.0953. The molecule has 0 aliphatic carbocycles. The van der Waals surface area contributed by atoms with Gasteiger partial charge in [0.05, 0.1) is 4.90 Å². The molecule has 1 N–H and O–H groups in total. The van der Waals surface area contributed by atoms with Gasteiger partial charge in [0.15, 0.2) is 0 Å². The summed E-state index contributed by atoms with van der Waals surface area (Å²) >= 11 is 0. The number of rotatable bonds is 7. The van der Waals surface area contributed by atoms with Crippen molar-refractivity contribution in [3.8, 4) is 0 Å². The van der Waals surface area contributed by atoms with E-state index < -0.39 is 10.0 Å². The summed E-state index contributed by atoms with van der Waals surface area (Å²) in [5, 5.41) is 2.83. The van der Waals surface area contributed by atoms with Gasteiger partial charge in [-0.2, -0.15) is 4.31 Å². The highest BCUT2D eigenvalue weighted by molar-refractivity contribution is 7.89. The lowest BCUT2D eigenvalue weighted by Gasteiger charge is -2.31. The molecule has 1 amide bonds. The zero-order valence-corrected chi connectivity index (χ0v) is 18.0. The average Bonchev–Trinajstić information content (AvgIpc) is 2.73. The van der Waals surface area contributed by atoms with E-state index in [1.165, 1.54) is 11.6 Å². The van der Waals surface area contributed by atoms with Crippen LogP contribution in [0.3, 0.4) is 0 Å². The molecule has 0 atom stereocenters. The number of carbonyl (C=O) groups is 1. The number of nitrogens with zero attached hydrogens (tertiary/aromatic N) is 1. The van der Waals surface area contributed by atoms with E-state index in [2.05, 4.69) is 17.4 Å². The van der Waals surface area contributed by atoms with Gasteiger partial charge in [-0.15, -0.1) is 0 Å². The first-order chi connectivity index (χ1) is 13.9. The second-order valence-electron chi connectivity index (χ2n) is 7.77. The summed E-state index contributed by atoms with van der Waals surface area (Å²) in [6.45, 7) is 5.42. The Morgan fingerprint density at radius 3 is 2.45 bits per heavy atom. The number of sulfonamides is 1. The Morgan fingerprint density at radius 1 is 1.10 bits per heavy atom. The molecule has 1 aliphatic heterocycles. The molecule has 1 saturated heterocycles. The summed E-state index contributed by atoms with van der Waals surface area (Å²) in [7, 11) is -3.60. The van der Waals surface area contributed by atoms with E-state index in [1.807, 2.05) is 32.0 Å². The van der Waals surface area contributed by atoms with Crippen molar-refractivity contribution >= 4 is 15.9 Å². The van der Waals surface area contributed by atoms with Crippen LogP contribution in [-0.2, 0) is 16.4 Å². The summed E-state index contributed by atoms with van der Waals surface area (Å²) in [5.41, 5.74) is 2.51. The molecule has 0 bridgehead atoms. The molecule has 156 valence electrons. The molecule has 2 aromatic carbocycles. The van der Waals surface area contributed by atoms with Gasteiger partial charge in [-0.1, -0.05) is 43.3 Å². The van der Waals surface area contributed by atoms with Crippen LogP contribution in [0.5, 0.6) is 0 Å². The normalized spacial score (nSPS) is 15.9. The van der Waals surface area contributed by atoms with Crippen molar-refractivity contribution in [1.82, 2.24) is 9.62 Å². The molecule has 1 aliphatic rings. The van der Waals surface area contributed by atoms with Crippen molar-refractivity contribution < 1.29 is 13.2 Å². The van der Waals surface area contributed by atoms with Crippen molar-refractivity contribution in [3.63, 3.8) is 0 Å². The molecule has 0 saturated carbocycles. The number of aryl methyl sites for hydroxylation is 1. The third kappa shape index (κ3) is 5.25. The predicted octanol–water partition coefficient (Wildman–Crippen LogP) is 3.78. The maximum Gasteiger partial charge on any atom is 0.251 e. The van der Waals surface area contributed by atoms with E-state index >= 15 is 0 Å². The van der Waals surface area contributed by atoms with Crippen LogP contribution in [0.1, 0.15) is 47.7 Å². The fraction of sp³-hybridized carbons (Fsp3) is 0.435. The molecule has 0 unspecified atom stereocenters. The first kappa shape index (κ1) is 21.5. The van der Waals surface area contributed by atoms with Gasteiger partial charge in [0, 0.05) is 25.2 Å². The molecule has 2 aromatic rings. The summed E-state index contributed by atoms with van der Waals surface area (Å²) in [6.07, 6.45) is 3.52. The van der Waals surface area contributed by atoms with Crippen molar-refractivity contribution in [2.75, 3.05) is 19.6 Å². The van der Waals surface area contributed by atoms with Crippen molar-refractivity contribution in [1.29, 1.82) is 0 Å². The van der Waals surface area contributed by atoms with E-state index in [-0.39, 0.29) is 10.8 Å². The number of carbonyl (C=O) groups excluding carboxylic acids is 1. The fourth-order valence-corrected chi connectivity index (χ4v) is 5.29. The number of nitrogens with one attached hydrogen (secondary N) is 1. The summed E-state index contributed by atoms with van der Waals surface area (Å²) in [6, 6.07) is 15.2. The van der Waals surface area contributed by atoms with Gasteiger partial charge in [-0.3, -0.25) is 4.79 Å². The Hall–Kier alpha value is -2.18. The maximum atomic E-state index is 13.1. The van der Waals surface area contributed by atoms with Gasteiger partial charge < -0.3 is 5.32 Å². The molecule has 1 fully saturated rings. The molecule has 0 spiro atoms. The van der Waals surface area contributed by atoms with Crippen LogP contribution in [0.15, 0.2) is 53.4 Å². The highest BCUT2D eigenvalue weighted by atomic mass is 32.2. The van der Waals surface area contributed by atoms with E-state index in [9.17, 15) is 13.2 Å². The highest BCUT2D eigenvalue weighted by Crippen LogP contribution is 2.27. The molecular formula is C23H30N2O3S. The minimum Gasteiger partial charge on any atom is -0.352 e. The number of hydrogen-bond donors (Lipinski definition) is 1. The Labute approximate surface area is 174 Å². The summed E-state index contributed by atoms with van der Waals surface area (Å²) in [4.78, 5) is 12.6. The topological polar surface area (TPSA) is 66.5 Å². The average molecular weight is 415 g/mol. The lowest BCUT2D eigenvalue weighted by atomic mass is 9.91. The Morgan fingerprint density at radius 2 is 1.79 bits per heavy atom. The Bertz CT molecular complexity index is 934. The molecule has 3 rings (SSSR count). The summed E-state index contributed by atoms with van der Waals surface area (Å²) < 4.78 is 27.9. The van der Waals surface area contributed by atoms with Crippen LogP contribution in [0.4, 0.5) is 0 Å². The quantitative estimate of drug-likeness (QED) is 0.750. The number of amides is 1. The van der Waals surface area contributed by atoms with Crippen molar-refractivity contribution in [2.24, 2.45) is 5.92 Å². The van der Waals surface area contributed by atoms with Gasteiger partial charge in [-0.25, -0.2) is 8.42 Å². The van der Waals surface area contributed by atoms with Crippen LogP contribution in [0.2, 0.25) is 0 Å². The first-order valence-corrected chi connectivity index (χ1v) is 11.8. The van der Waals surface area contributed by atoms with Crippen LogP contribution < -0.4 is 5.32 Å². The van der Waals surface area contributed by atoms with Gasteiger partial charge in [-0.05, 0) is 61.8 Å². The standard InChI is InChI=1S/C23H30N2O3S/c1-3-13-24-23(26)22-17-21(10-9-18(22)2)29(27,28)25-14-11-20(12-15-25)16-19-7-5-4-6-8-19/h4-10,17,20H,3,11-16H2,1-2H3,(H,24,26). The molecule has 29 heavy (non-hydrogen) atoms. The largest absolute Gasteiger partial charge is 0.352 e. The zero-order valence-electron chi connectivity index (χ0n) is 17.2. The van der Waals surface area contributed by atoms with E-state index in [4.69, 9.17) is 0 Å². The third-order valence-electron chi connectivity index (χ3n) is 5.57. The third-order valence-corrected chi connectivity index (χ3v) is 7.46. The van der Waals surface area contributed by atoms with Crippen LogP contribution in [-0.4, -0.2) is 38.3 Å². The minimum atomic E-state index is -3.60. The Kier molecular flexibility index (Phi) is 7.09. The van der Waals surface area contributed by atoms with Crippen molar-refractivity contribution in [2.45, 2.75) is 44.4 Å². The second-order valence-corrected chi connectivity index (χ2v) is 9.71. The van der Waals surface area contributed by atoms with E-state index in [0.29, 0.717) is 31.1 Å². The molecular weight excluding hydrogens is 384 g/mol. The van der Waals surface area contributed by atoms with Crippen molar-refractivity contribution in [3.05, 3.63) is 65.2 Å². The van der Waals surface area contributed by atoms with E-state index in [1.54, 1.807) is 16.4 Å². The Balaban J connectivity index is 1.69. The van der Waals surface area contributed by atoms with Crippen LogP contribution in [0.25, 0.3) is 0 Å². The van der Waals surface area contributed by atoms with Gasteiger partial charge >= 0.3 is 0 Å². The number of benzene rings is 2. The SMILES string of the molecule is CCCNC(=O)c1cc(S(=O)(=O)N2CCC(Cc3ccccc3)CC2)ccc1C. The number of piperidine rings is 1. The number of hydrogen-bond acceptors (Lipinski definition) is 3. The first-order valence-electron chi connectivity index (χ1n) is 10.3. The fourth-order valence-electron chi connectivity index (χ4n) is 3.79. The summed E-state index contributed by atoms with van der Waals surface area (Å²) in [5.74, 6) is 0.278. The van der Waals surface area contributed by atoms with Crippen LogP contribution in [0, 0.1) is 12.8 Å². The smallest absolute Gasteiger partial charge is 0.251 e.